The van der Waals surface area contributed by atoms with Gasteiger partial charge in [-0.2, -0.15) is 0 Å². The minimum atomic E-state index is -0.145. The molecule has 6 heteroatoms. The topological polar surface area (TPSA) is 87.3 Å². The lowest BCUT2D eigenvalue weighted by atomic mass is 9.69. The van der Waals surface area contributed by atoms with Crippen molar-refractivity contribution in [3.8, 4) is 0 Å². The number of anilines is 3. The number of nitrogens with one attached hydrogen (secondary N) is 3. The van der Waals surface area contributed by atoms with Gasteiger partial charge in [-0.3, -0.25) is 14.4 Å². The van der Waals surface area contributed by atoms with Crippen LogP contribution in [0.15, 0.2) is 18.2 Å². The molecular formula is C33H53N3O3. The maximum atomic E-state index is 13.2. The van der Waals surface area contributed by atoms with Crippen LogP contribution in [0.2, 0.25) is 0 Å². The first-order valence-electron chi connectivity index (χ1n) is 15.2. The van der Waals surface area contributed by atoms with E-state index < -0.39 is 0 Å². The van der Waals surface area contributed by atoms with E-state index in [1.165, 1.54) is 0 Å². The molecule has 0 aromatic heterocycles. The number of hydrogen-bond donors (Lipinski definition) is 3. The summed E-state index contributed by atoms with van der Waals surface area (Å²) in [5.74, 6) is 1.91. The third kappa shape index (κ3) is 9.65. The first kappa shape index (κ1) is 31.2. The van der Waals surface area contributed by atoms with Gasteiger partial charge in [0, 0.05) is 35.3 Å². The average molecular weight is 540 g/mol. The summed E-state index contributed by atoms with van der Waals surface area (Å²) in [4.78, 5) is 39.1. The Balaban J connectivity index is 1.72. The fourth-order valence-corrected chi connectivity index (χ4v) is 6.29. The van der Waals surface area contributed by atoms with Crippen molar-refractivity contribution in [3.63, 3.8) is 0 Å². The van der Waals surface area contributed by atoms with Gasteiger partial charge < -0.3 is 16.0 Å². The van der Waals surface area contributed by atoms with Crippen molar-refractivity contribution >= 4 is 34.8 Å². The van der Waals surface area contributed by atoms with Gasteiger partial charge in [-0.25, -0.2) is 0 Å². The second-order valence-corrected chi connectivity index (χ2v) is 14.8. The molecule has 0 radical (unpaired) electrons. The van der Waals surface area contributed by atoms with E-state index in [0.29, 0.717) is 41.2 Å². The molecule has 0 unspecified atom stereocenters. The second-order valence-electron chi connectivity index (χ2n) is 14.8. The molecule has 6 nitrogen and oxygen atoms in total. The summed E-state index contributed by atoms with van der Waals surface area (Å²) < 4.78 is 0. The number of rotatable bonds is 7. The number of carbonyl (C=O) groups is 3. The standard InChI is InChI=1S/C33H53N3O3/c1-21(2)22-9-11-23(12-10-22)30(38)35-27-17-26(34-29(37)20-32(3,4)5)18-28(19-27)36-31(39)24-13-15-25(16-14-24)33(6,7)8/h17-19,21-25H,9-16,20H2,1-8H3,(H,34,37)(H,35,38)(H,36,39). The molecule has 3 N–H and O–H groups in total. The Kier molecular flexibility index (Phi) is 10.3. The van der Waals surface area contributed by atoms with E-state index in [-0.39, 0.29) is 40.4 Å². The van der Waals surface area contributed by atoms with E-state index in [1.54, 1.807) is 12.1 Å². The van der Waals surface area contributed by atoms with Crippen LogP contribution in [0, 0.1) is 40.4 Å². The summed E-state index contributed by atoms with van der Waals surface area (Å²) in [6.45, 7) is 17.4. The molecule has 2 aliphatic rings. The third-order valence-electron chi connectivity index (χ3n) is 8.85. The second kappa shape index (κ2) is 12.9. The summed E-state index contributed by atoms with van der Waals surface area (Å²) in [6.07, 6.45) is 8.23. The van der Waals surface area contributed by atoms with Crippen LogP contribution < -0.4 is 16.0 Å². The molecule has 2 saturated carbocycles. The van der Waals surface area contributed by atoms with Gasteiger partial charge in [-0.1, -0.05) is 55.4 Å². The molecule has 0 atom stereocenters. The molecule has 0 aliphatic heterocycles. The Morgan fingerprint density at radius 2 is 1.10 bits per heavy atom. The largest absolute Gasteiger partial charge is 0.326 e. The molecule has 39 heavy (non-hydrogen) atoms. The van der Waals surface area contributed by atoms with Crippen LogP contribution in [-0.4, -0.2) is 17.7 Å². The maximum absolute atomic E-state index is 13.2. The van der Waals surface area contributed by atoms with Crippen LogP contribution in [0.25, 0.3) is 0 Å². The highest BCUT2D eigenvalue weighted by Gasteiger charge is 2.32. The van der Waals surface area contributed by atoms with E-state index in [1.807, 2.05) is 26.8 Å². The molecule has 3 rings (SSSR count). The summed E-state index contributed by atoms with van der Waals surface area (Å²) >= 11 is 0. The first-order valence-corrected chi connectivity index (χ1v) is 15.2. The Labute approximate surface area is 236 Å². The Morgan fingerprint density at radius 1 is 0.692 bits per heavy atom. The molecule has 0 saturated heterocycles. The zero-order valence-corrected chi connectivity index (χ0v) is 25.7. The lowest BCUT2D eigenvalue weighted by Crippen LogP contribution is -2.31. The van der Waals surface area contributed by atoms with Crippen molar-refractivity contribution in [1.82, 2.24) is 0 Å². The SMILES string of the molecule is CC(C)C1CCC(C(=O)Nc2cc(NC(=O)CC(C)(C)C)cc(NC(=O)C3CCC(C(C)(C)C)CC3)c2)CC1. The zero-order valence-electron chi connectivity index (χ0n) is 25.7. The lowest BCUT2D eigenvalue weighted by molar-refractivity contribution is -0.122. The van der Waals surface area contributed by atoms with Gasteiger partial charge in [0.2, 0.25) is 17.7 Å². The highest BCUT2D eigenvalue weighted by Crippen LogP contribution is 2.40. The van der Waals surface area contributed by atoms with Crippen molar-refractivity contribution in [2.45, 2.75) is 113 Å². The molecular weight excluding hydrogens is 486 g/mol. The van der Waals surface area contributed by atoms with Gasteiger partial charge in [-0.15, -0.1) is 0 Å². The molecule has 3 amide bonds. The summed E-state index contributed by atoms with van der Waals surface area (Å²) in [5, 5.41) is 9.17. The molecule has 2 fully saturated rings. The van der Waals surface area contributed by atoms with Gasteiger partial charge in [0.1, 0.15) is 0 Å². The molecule has 0 spiro atoms. The van der Waals surface area contributed by atoms with E-state index in [9.17, 15) is 14.4 Å². The number of carbonyl (C=O) groups excluding carboxylic acids is 3. The highest BCUT2D eigenvalue weighted by molar-refractivity contribution is 5.99. The minimum absolute atomic E-state index is 0.00446. The van der Waals surface area contributed by atoms with E-state index in [2.05, 4.69) is 50.6 Å². The number of hydrogen-bond acceptors (Lipinski definition) is 3. The molecule has 1 aromatic carbocycles. The van der Waals surface area contributed by atoms with Crippen molar-refractivity contribution in [1.29, 1.82) is 0 Å². The normalized spacial score (nSPS) is 24.2. The fraction of sp³-hybridized carbons (Fsp3) is 0.727. The predicted molar refractivity (Wildman–Crippen MR) is 162 cm³/mol. The Hall–Kier alpha value is -2.37. The Bertz CT molecular complexity index is 1000. The quantitative estimate of drug-likeness (QED) is 0.326. The van der Waals surface area contributed by atoms with Crippen LogP contribution in [0.4, 0.5) is 17.1 Å². The van der Waals surface area contributed by atoms with E-state index in [0.717, 1.165) is 51.4 Å². The number of benzene rings is 1. The minimum Gasteiger partial charge on any atom is -0.326 e. The molecule has 0 heterocycles. The summed E-state index contributed by atoms with van der Waals surface area (Å²) in [5.41, 5.74) is 1.91. The highest BCUT2D eigenvalue weighted by atomic mass is 16.2. The average Bonchev–Trinajstić information content (AvgIpc) is 2.82. The van der Waals surface area contributed by atoms with E-state index >= 15 is 0 Å². The van der Waals surface area contributed by atoms with Crippen LogP contribution in [-0.2, 0) is 14.4 Å². The molecule has 218 valence electrons. The van der Waals surface area contributed by atoms with Crippen LogP contribution in [0.3, 0.4) is 0 Å². The monoisotopic (exact) mass is 539 g/mol. The molecule has 1 aromatic rings. The van der Waals surface area contributed by atoms with Crippen molar-refractivity contribution in [2.75, 3.05) is 16.0 Å². The predicted octanol–water partition coefficient (Wildman–Crippen LogP) is 8.25. The van der Waals surface area contributed by atoms with Gasteiger partial charge in [0.15, 0.2) is 0 Å². The van der Waals surface area contributed by atoms with Crippen molar-refractivity contribution in [2.24, 2.45) is 40.4 Å². The summed E-state index contributed by atoms with van der Waals surface area (Å²) in [7, 11) is 0. The summed E-state index contributed by atoms with van der Waals surface area (Å²) in [6, 6.07) is 5.40. The lowest BCUT2D eigenvalue weighted by Gasteiger charge is -2.36. The third-order valence-corrected chi connectivity index (χ3v) is 8.85. The van der Waals surface area contributed by atoms with Crippen LogP contribution in [0.1, 0.15) is 113 Å². The van der Waals surface area contributed by atoms with Gasteiger partial charge in [0.05, 0.1) is 0 Å². The Morgan fingerprint density at radius 3 is 1.49 bits per heavy atom. The fourth-order valence-electron chi connectivity index (χ4n) is 6.29. The van der Waals surface area contributed by atoms with Gasteiger partial charge in [-0.05, 0) is 98.1 Å². The first-order chi connectivity index (χ1) is 18.1. The molecule has 2 aliphatic carbocycles. The van der Waals surface area contributed by atoms with Crippen LogP contribution in [0.5, 0.6) is 0 Å². The van der Waals surface area contributed by atoms with E-state index in [4.69, 9.17) is 0 Å². The van der Waals surface area contributed by atoms with Gasteiger partial charge in [0.25, 0.3) is 0 Å². The van der Waals surface area contributed by atoms with Crippen molar-refractivity contribution in [3.05, 3.63) is 18.2 Å². The van der Waals surface area contributed by atoms with Crippen LogP contribution >= 0.6 is 0 Å². The number of amides is 3. The smallest absolute Gasteiger partial charge is 0.227 e. The van der Waals surface area contributed by atoms with Gasteiger partial charge >= 0.3 is 0 Å². The van der Waals surface area contributed by atoms with Crippen molar-refractivity contribution < 1.29 is 14.4 Å². The zero-order chi connectivity index (χ0) is 29.0. The molecule has 0 bridgehead atoms. The maximum Gasteiger partial charge on any atom is 0.227 e.